The largest absolute Gasteiger partial charge is 0.497 e. The lowest BCUT2D eigenvalue weighted by Crippen LogP contribution is -2.41. The molecule has 2 aromatic carbocycles. The normalized spacial score (nSPS) is 11.8. The van der Waals surface area contributed by atoms with E-state index in [0.717, 1.165) is 17.8 Å². The van der Waals surface area contributed by atoms with Crippen molar-refractivity contribution in [2.45, 2.75) is 18.7 Å². The molecule has 1 amide bonds. The Kier molecular flexibility index (Phi) is 8.10. The number of nitrogens with zero attached hydrogens (tertiary/aromatic N) is 3. The lowest BCUT2D eigenvalue weighted by atomic mass is 10.3. The molecular weight excluding hydrogens is 470 g/mol. The first-order valence-corrected chi connectivity index (χ1v) is 13.1. The number of methoxy groups -OCH3 is 1. The van der Waals surface area contributed by atoms with Crippen molar-refractivity contribution in [1.82, 2.24) is 9.88 Å². The number of thiazole rings is 1. The van der Waals surface area contributed by atoms with E-state index in [9.17, 15) is 13.2 Å². The molecule has 1 heterocycles. The molecule has 0 saturated carbocycles. The summed E-state index contributed by atoms with van der Waals surface area (Å²) in [5, 5.41) is 1.04. The SMILES string of the molecule is CCN(CC)CCN(C(=O)CS(=O)(=O)c1ccc(OC)cc1)c1nc2ccc(Cl)cc2s1. The van der Waals surface area contributed by atoms with Crippen LogP contribution in [-0.4, -0.2) is 63.3 Å². The van der Waals surface area contributed by atoms with Crippen LogP contribution in [0.25, 0.3) is 10.2 Å². The Labute approximate surface area is 197 Å². The number of carbonyl (C=O) groups excluding carboxylic acids is 1. The van der Waals surface area contributed by atoms with Crippen molar-refractivity contribution in [2.75, 3.05) is 43.9 Å². The fraction of sp³-hybridized carbons (Fsp3) is 0.364. The van der Waals surface area contributed by atoms with Crippen molar-refractivity contribution < 1.29 is 17.9 Å². The number of benzene rings is 2. The van der Waals surface area contributed by atoms with Crippen molar-refractivity contribution in [3.63, 3.8) is 0 Å². The third kappa shape index (κ3) is 5.78. The summed E-state index contributed by atoms with van der Waals surface area (Å²) in [6, 6.07) is 11.3. The third-order valence-corrected chi connectivity index (χ3v) is 8.03. The van der Waals surface area contributed by atoms with E-state index in [1.54, 1.807) is 30.3 Å². The molecule has 10 heteroatoms. The Bertz CT molecular complexity index is 1180. The van der Waals surface area contributed by atoms with Crippen LogP contribution in [0.3, 0.4) is 0 Å². The topological polar surface area (TPSA) is 79.8 Å². The highest BCUT2D eigenvalue weighted by Gasteiger charge is 2.27. The minimum absolute atomic E-state index is 0.0754. The zero-order valence-electron chi connectivity index (χ0n) is 18.2. The molecule has 0 spiro atoms. The standard InChI is InChI=1S/C22H26ClN3O4S2/c1-4-25(5-2)12-13-26(22-24-19-11-6-16(23)14-20(19)31-22)21(27)15-32(28,29)18-9-7-17(30-3)8-10-18/h6-11,14H,4-5,12-13,15H2,1-3H3. The van der Waals surface area contributed by atoms with Crippen molar-refractivity contribution in [2.24, 2.45) is 0 Å². The van der Waals surface area contributed by atoms with Crippen molar-refractivity contribution in [1.29, 1.82) is 0 Å². The van der Waals surface area contributed by atoms with Gasteiger partial charge in [-0.15, -0.1) is 0 Å². The second kappa shape index (κ2) is 10.6. The van der Waals surface area contributed by atoms with Gasteiger partial charge in [0.05, 0.1) is 22.2 Å². The number of anilines is 1. The van der Waals surface area contributed by atoms with Crippen LogP contribution in [0.1, 0.15) is 13.8 Å². The number of fused-ring (bicyclic) bond motifs is 1. The minimum Gasteiger partial charge on any atom is -0.497 e. The number of ether oxygens (including phenoxy) is 1. The first kappa shape index (κ1) is 24.4. The summed E-state index contributed by atoms with van der Waals surface area (Å²) >= 11 is 7.41. The Morgan fingerprint density at radius 3 is 2.41 bits per heavy atom. The molecule has 0 aliphatic heterocycles. The van der Waals surface area contributed by atoms with E-state index in [-0.39, 0.29) is 4.90 Å². The van der Waals surface area contributed by atoms with Crippen LogP contribution < -0.4 is 9.64 Å². The van der Waals surface area contributed by atoms with Gasteiger partial charge in [0.1, 0.15) is 11.5 Å². The molecule has 0 atom stereocenters. The van der Waals surface area contributed by atoms with Gasteiger partial charge in [0.15, 0.2) is 15.0 Å². The van der Waals surface area contributed by atoms with E-state index in [1.807, 2.05) is 13.8 Å². The number of carbonyl (C=O) groups is 1. The number of halogens is 1. The molecular formula is C22H26ClN3O4S2. The molecule has 3 rings (SSSR count). The predicted octanol–water partition coefficient (Wildman–Crippen LogP) is 4.11. The van der Waals surface area contributed by atoms with Gasteiger partial charge in [-0.3, -0.25) is 9.69 Å². The molecule has 172 valence electrons. The van der Waals surface area contributed by atoms with E-state index in [4.69, 9.17) is 16.3 Å². The van der Waals surface area contributed by atoms with Gasteiger partial charge in [0.25, 0.3) is 0 Å². The number of aromatic nitrogens is 1. The van der Waals surface area contributed by atoms with Crippen LogP contribution in [0.5, 0.6) is 5.75 Å². The summed E-state index contributed by atoms with van der Waals surface area (Å²) in [5.41, 5.74) is 0.716. The van der Waals surface area contributed by atoms with Crippen LogP contribution in [-0.2, 0) is 14.6 Å². The van der Waals surface area contributed by atoms with Crippen molar-refractivity contribution in [3.8, 4) is 5.75 Å². The summed E-state index contributed by atoms with van der Waals surface area (Å²) in [4.78, 5) is 21.5. The Morgan fingerprint density at radius 1 is 1.09 bits per heavy atom. The zero-order valence-corrected chi connectivity index (χ0v) is 20.6. The molecule has 0 aliphatic carbocycles. The van der Waals surface area contributed by atoms with E-state index < -0.39 is 21.5 Å². The molecule has 0 saturated heterocycles. The lowest BCUT2D eigenvalue weighted by molar-refractivity contribution is -0.116. The second-order valence-corrected chi connectivity index (χ2v) is 10.6. The van der Waals surface area contributed by atoms with Gasteiger partial charge in [0, 0.05) is 18.1 Å². The summed E-state index contributed by atoms with van der Waals surface area (Å²) in [5.74, 6) is -0.615. The number of rotatable bonds is 10. The lowest BCUT2D eigenvalue weighted by Gasteiger charge is -2.24. The van der Waals surface area contributed by atoms with Crippen LogP contribution in [0.15, 0.2) is 47.4 Å². The van der Waals surface area contributed by atoms with E-state index in [1.165, 1.54) is 35.5 Å². The maximum atomic E-state index is 13.2. The Balaban J connectivity index is 1.89. The minimum atomic E-state index is -3.83. The quantitative estimate of drug-likeness (QED) is 0.421. The van der Waals surface area contributed by atoms with Gasteiger partial charge in [-0.1, -0.05) is 36.8 Å². The fourth-order valence-corrected chi connectivity index (χ4v) is 5.70. The van der Waals surface area contributed by atoms with Gasteiger partial charge < -0.3 is 9.64 Å². The van der Waals surface area contributed by atoms with Crippen LogP contribution in [0.4, 0.5) is 5.13 Å². The Hall–Kier alpha value is -2.20. The highest BCUT2D eigenvalue weighted by molar-refractivity contribution is 7.92. The smallest absolute Gasteiger partial charge is 0.244 e. The molecule has 0 aliphatic rings. The maximum Gasteiger partial charge on any atom is 0.244 e. The molecule has 32 heavy (non-hydrogen) atoms. The van der Waals surface area contributed by atoms with Crippen molar-refractivity contribution in [3.05, 3.63) is 47.5 Å². The summed E-state index contributed by atoms with van der Waals surface area (Å²) in [7, 11) is -2.32. The summed E-state index contributed by atoms with van der Waals surface area (Å²) in [6.07, 6.45) is 0. The van der Waals surface area contributed by atoms with Gasteiger partial charge in [-0.25, -0.2) is 13.4 Å². The van der Waals surface area contributed by atoms with Gasteiger partial charge in [0.2, 0.25) is 5.91 Å². The molecule has 1 aromatic heterocycles. The van der Waals surface area contributed by atoms with Crippen LogP contribution >= 0.6 is 22.9 Å². The van der Waals surface area contributed by atoms with E-state index >= 15 is 0 Å². The predicted molar refractivity (Wildman–Crippen MR) is 130 cm³/mol. The maximum absolute atomic E-state index is 13.2. The fourth-order valence-electron chi connectivity index (χ4n) is 3.22. The highest BCUT2D eigenvalue weighted by Crippen LogP contribution is 2.31. The average molecular weight is 496 g/mol. The molecule has 0 bridgehead atoms. The van der Waals surface area contributed by atoms with Gasteiger partial charge >= 0.3 is 0 Å². The van der Waals surface area contributed by atoms with Crippen molar-refractivity contribution >= 4 is 54.0 Å². The summed E-state index contributed by atoms with van der Waals surface area (Å²) in [6.45, 7) is 6.70. The molecule has 0 N–H and O–H groups in total. The van der Waals surface area contributed by atoms with E-state index in [0.29, 0.717) is 34.5 Å². The van der Waals surface area contributed by atoms with Gasteiger partial charge in [-0.05, 0) is 55.6 Å². The number of hydrogen-bond acceptors (Lipinski definition) is 7. The number of amides is 1. The molecule has 3 aromatic rings. The van der Waals surface area contributed by atoms with Crippen LogP contribution in [0, 0.1) is 0 Å². The van der Waals surface area contributed by atoms with E-state index in [2.05, 4.69) is 9.88 Å². The first-order chi connectivity index (χ1) is 15.3. The average Bonchev–Trinajstić information content (AvgIpc) is 3.19. The third-order valence-electron chi connectivity index (χ3n) is 5.14. The monoisotopic (exact) mass is 495 g/mol. The number of sulfone groups is 1. The Morgan fingerprint density at radius 2 is 1.78 bits per heavy atom. The number of likely N-dealkylation sites (N-methyl/N-ethyl adjacent to an activating group) is 1. The molecule has 0 fully saturated rings. The first-order valence-electron chi connectivity index (χ1n) is 10.2. The highest BCUT2D eigenvalue weighted by atomic mass is 35.5. The zero-order chi connectivity index (χ0) is 23.3. The summed E-state index contributed by atoms with van der Waals surface area (Å²) < 4.78 is 31.7. The molecule has 7 nitrogen and oxygen atoms in total. The molecule has 0 radical (unpaired) electrons. The van der Waals surface area contributed by atoms with Gasteiger partial charge in [-0.2, -0.15) is 0 Å². The number of hydrogen-bond donors (Lipinski definition) is 0. The second-order valence-electron chi connectivity index (χ2n) is 7.12. The molecule has 0 unspecified atom stereocenters. The van der Waals surface area contributed by atoms with Crippen LogP contribution in [0.2, 0.25) is 5.02 Å².